The smallest absolute Gasteiger partial charge is 0.227 e. The summed E-state index contributed by atoms with van der Waals surface area (Å²) >= 11 is 0. The average Bonchev–Trinajstić information content (AvgIpc) is 3.06. The first-order chi connectivity index (χ1) is 11.6. The molecular weight excluding hydrogens is 302 g/mol. The highest BCUT2D eigenvalue weighted by Crippen LogP contribution is 2.17. The molecule has 6 heteroatoms. The zero-order valence-corrected chi connectivity index (χ0v) is 13.5. The molecule has 6 nitrogen and oxygen atoms in total. The van der Waals surface area contributed by atoms with Gasteiger partial charge in [-0.15, -0.1) is 5.10 Å². The maximum atomic E-state index is 12.0. The number of anilines is 1. The molecule has 2 aromatic carbocycles. The fraction of sp³-hybridized carbons (Fsp3) is 0.111. The summed E-state index contributed by atoms with van der Waals surface area (Å²) < 4.78 is 1.62. The first-order valence-corrected chi connectivity index (χ1v) is 7.53. The summed E-state index contributed by atoms with van der Waals surface area (Å²) in [4.78, 5) is 13.5. The van der Waals surface area contributed by atoms with Gasteiger partial charge in [-0.05, 0) is 41.6 Å². The number of hydrogen-bond donors (Lipinski definition) is 0. The Balaban J connectivity index is 1.90. The highest BCUT2D eigenvalue weighted by atomic mass is 16.2. The maximum Gasteiger partial charge on any atom is 0.227 e. The molecule has 3 rings (SSSR count). The lowest BCUT2D eigenvalue weighted by atomic mass is 10.2. The lowest BCUT2D eigenvalue weighted by Gasteiger charge is -2.16. The molecule has 0 unspecified atom stereocenters. The molecule has 1 aromatic heterocycles. The fourth-order valence-corrected chi connectivity index (χ4v) is 2.27. The highest BCUT2D eigenvalue weighted by Gasteiger charge is 2.10. The lowest BCUT2D eigenvalue weighted by Crippen LogP contribution is -2.21. The number of rotatable bonds is 4. The van der Waals surface area contributed by atoms with Crippen LogP contribution in [0.4, 0.5) is 5.69 Å². The van der Waals surface area contributed by atoms with Gasteiger partial charge in [-0.3, -0.25) is 9.69 Å². The minimum absolute atomic E-state index is 0.0890. The van der Waals surface area contributed by atoms with E-state index < -0.39 is 0 Å². The Bertz CT molecular complexity index is 853. The number of nitrogens with zero attached hydrogens (tertiary/aromatic N) is 5. The van der Waals surface area contributed by atoms with Gasteiger partial charge in [0.25, 0.3) is 0 Å². The van der Waals surface area contributed by atoms with Crippen molar-refractivity contribution in [1.82, 2.24) is 20.2 Å². The van der Waals surface area contributed by atoms with E-state index in [0.29, 0.717) is 5.82 Å². The van der Waals surface area contributed by atoms with E-state index in [9.17, 15) is 4.79 Å². The Labute approximate surface area is 140 Å². The van der Waals surface area contributed by atoms with Crippen molar-refractivity contribution in [2.45, 2.75) is 13.8 Å². The molecule has 0 spiro atoms. The molecule has 0 saturated carbocycles. The molecule has 0 N–H and O–H groups in total. The number of carbonyl (C=O) groups excluding carboxylic acids is 1. The van der Waals surface area contributed by atoms with Crippen molar-refractivity contribution >= 4 is 17.7 Å². The highest BCUT2D eigenvalue weighted by molar-refractivity contribution is 5.94. The third kappa shape index (κ3) is 3.38. The number of amides is 1. The zero-order valence-electron chi connectivity index (χ0n) is 13.5. The van der Waals surface area contributed by atoms with Crippen molar-refractivity contribution in [3.05, 3.63) is 72.2 Å². The third-order valence-corrected chi connectivity index (χ3v) is 3.52. The zero-order chi connectivity index (χ0) is 16.9. The monoisotopic (exact) mass is 319 g/mol. The van der Waals surface area contributed by atoms with Gasteiger partial charge >= 0.3 is 0 Å². The van der Waals surface area contributed by atoms with Gasteiger partial charge in [0, 0.05) is 24.9 Å². The van der Waals surface area contributed by atoms with Gasteiger partial charge in [0.15, 0.2) is 5.82 Å². The van der Waals surface area contributed by atoms with E-state index in [2.05, 4.69) is 15.5 Å². The van der Waals surface area contributed by atoms with Crippen LogP contribution in [0.1, 0.15) is 18.3 Å². The number of carbonyl (C=O) groups is 1. The van der Waals surface area contributed by atoms with Crippen molar-refractivity contribution < 1.29 is 4.79 Å². The molecule has 3 aromatic rings. The second-order valence-electron chi connectivity index (χ2n) is 5.32. The van der Waals surface area contributed by atoms with Crippen LogP contribution in [0.2, 0.25) is 0 Å². The molecular formula is C18H17N5O. The van der Waals surface area contributed by atoms with Gasteiger partial charge in [0.1, 0.15) is 0 Å². The van der Waals surface area contributed by atoms with E-state index >= 15 is 0 Å². The van der Waals surface area contributed by atoms with E-state index in [0.717, 1.165) is 16.9 Å². The Kier molecular flexibility index (Phi) is 4.47. The molecule has 0 saturated heterocycles. The van der Waals surface area contributed by atoms with Gasteiger partial charge in [-0.2, -0.15) is 4.68 Å². The van der Waals surface area contributed by atoms with Crippen molar-refractivity contribution in [3.8, 4) is 5.69 Å². The molecule has 0 radical (unpaired) electrons. The molecule has 1 heterocycles. The summed E-state index contributed by atoms with van der Waals surface area (Å²) in [6.07, 6.45) is 3.40. The fourth-order valence-electron chi connectivity index (χ4n) is 2.27. The van der Waals surface area contributed by atoms with Crippen LogP contribution in [0.15, 0.2) is 60.8 Å². The predicted molar refractivity (Wildman–Crippen MR) is 92.5 cm³/mol. The number of hydrogen-bond acceptors (Lipinski definition) is 4. The Hall–Kier alpha value is -3.28. The predicted octanol–water partition coefficient (Wildman–Crippen LogP) is 2.99. The molecule has 0 bridgehead atoms. The molecule has 1 amide bonds. The average molecular weight is 319 g/mol. The summed E-state index contributed by atoms with van der Waals surface area (Å²) in [5.74, 6) is 0.452. The largest absolute Gasteiger partial charge is 0.288 e. The van der Waals surface area contributed by atoms with Gasteiger partial charge in [-0.1, -0.05) is 35.9 Å². The van der Waals surface area contributed by atoms with Crippen molar-refractivity contribution in [2.24, 2.45) is 0 Å². The van der Waals surface area contributed by atoms with Gasteiger partial charge in [0.05, 0.1) is 5.69 Å². The van der Waals surface area contributed by atoms with Crippen molar-refractivity contribution in [2.75, 3.05) is 4.90 Å². The van der Waals surface area contributed by atoms with Crippen LogP contribution in [0.25, 0.3) is 11.8 Å². The van der Waals surface area contributed by atoms with E-state index in [1.165, 1.54) is 6.92 Å². The second kappa shape index (κ2) is 6.87. The number of benzene rings is 2. The van der Waals surface area contributed by atoms with Crippen LogP contribution >= 0.6 is 0 Å². The van der Waals surface area contributed by atoms with E-state index in [4.69, 9.17) is 0 Å². The normalized spacial score (nSPS) is 10.9. The number of para-hydroxylation sites is 1. The minimum atomic E-state index is -0.0890. The summed E-state index contributed by atoms with van der Waals surface area (Å²) in [6.45, 7) is 3.52. The molecule has 0 atom stereocenters. The lowest BCUT2D eigenvalue weighted by molar-refractivity contribution is -0.115. The molecule has 0 fully saturated rings. The third-order valence-electron chi connectivity index (χ3n) is 3.52. The van der Waals surface area contributed by atoms with E-state index in [1.54, 1.807) is 21.9 Å². The number of tetrazole rings is 1. The van der Waals surface area contributed by atoms with Gasteiger partial charge < -0.3 is 0 Å². The van der Waals surface area contributed by atoms with Crippen LogP contribution in [-0.4, -0.2) is 26.1 Å². The van der Waals surface area contributed by atoms with Crippen LogP contribution in [0.5, 0.6) is 0 Å². The number of aromatic nitrogens is 4. The SMILES string of the molecule is CC(=O)N(/C=C/c1nnnn1-c1ccccc1)c1ccc(C)cc1. The summed E-state index contributed by atoms with van der Waals surface area (Å²) in [5.41, 5.74) is 2.79. The van der Waals surface area contributed by atoms with Crippen LogP contribution in [0.3, 0.4) is 0 Å². The van der Waals surface area contributed by atoms with E-state index in [-0.39, 0.29) is 5.91 Å². The second-order valence-corrected chi connectivity index (χ2v) is 5.32. The Morgan fingerprint density at radius 2 is 1.79 bits per heavy atom. The summed E-state index contributed by atoms with van der Waals surface area (Å²) in [7, 11) is 0. The Morgan fingerprint density at radius 3 is 2.46 bits per heavy atom. The first-order valence-electron chi connectivity index (χ1n) is 7.53. The van der Waals surface area contributed by atoms with Crippen molar-refractivity contribution in [3.63, 3.8) is 0 Å². The standard InChI is InChI=1S/C18H17N5O/c1-14-8-10-16(11-9-14)22(15(2)24)13-12-18-19-20-21-23(18)17-6-4-3-5-7-17/h3-13H,1-2H3/b13-12+. The molecule has 24 heavy (non-hydrogen) atoms. The Morgan fingerprint density at radius 1 is 1.08 bits per heavy atom. The van der Waals surface area contributed by atoms with Crippen molar-refractivity contribution in [1.29, 1.82) is 0 Å². The maximum absolute atomic E-state index is 12.0. The molecule has 0 aliphatic carbocycles. The quantitative estimate of drug-likeness (QED) is 0.741. The molecule has 0 aliphatic heterocycles. The van der Waals surface area contributed by atoms with Crippen LogP contribution in [0, 0.1) is 6.92 Å². The van der Waals surface area contributed by atoms with Gasteiger partial charge in [0.2, 0.25) is 5.91 Å². The topological polar surface area (TPSA) is 63.9 Å². The van der Waals surface area contributed by atoms with Crippen LogP contribution < -0.4 is 4.90 Å². The summed E-state index contributed by atoms with van der Waals surface area (Å²) in [5, 5.41) is 11.7. The first kappa shape index (κ1) is 15.6. The number of aryl methyl sites for hydroxylation is 1. The van der Waals surface area contributed by atoms with Crippen LogP contribution in [-0.2, 0) is 4.79 Å². The molecule has 0 aliphatic rings. The summed E-state index contributed by atoms with van der Waals surface area (Å²) in [6, 6.07) is 17.3. The van der Waals surface area contributed by atoms with E-state index in [1.807, 2.05) is 61.5 Å². The van der Waals surface area contributed by atoms with Gasteiger partial charge in [-0.25, -0.2) is 0 Å². The minimum Gasteiger partial charge on any atom is -0.288 e. The molecule has 120 valence electrons.